The van der Waals surface area contributed by atoms with Crippen molar-refractivity contribution in [1.29, 1.82) is 0 Å². The Bertz CT molecular complexity index is 964. The van der Waals surface area contributed by atoms with Crippen LogP contribution in [0.1, 0.15) is 39.1 Å². The van der Waals surface area contributed by atoms with Gasteiger partial charge in [0, 0.05) is 26.1 Å². The molecule has 2 saturated heterocycles. The number of carbonyl (C=O) groups excluding carboxylic acids is 4. The van der Waals surface area contributed by atoms with E-state index >= 15 is 0 Å². The first-order chi connectivity index (χ1) is 14.6. The van der Waals surface area contributed by atoms with Gasteiger partial charge in [-0.15, -0.1) is 0 Å². The molecular formula is C20H21F3N4O4. The van der Waals surface area contributed by atoms with E-state index in [2.05, 4.69) is 5.32 Å². The number of nitrogens with two attached hydrogens (primary N) is 1. The lowest BCUT2D eigenvalue weighted by Crippen LogP contribution is -2.54. The maximum atomic E-state index is 13.2. The van der Waals surface area contributed by atoms with Gasteiger partial charge < -0.3 is 5.73 Å². The van der Waals surface area contributed by atoms with Crippen LogP contribution >= 0.6 is 0 Å². The number of alkyl halides is 3. The summed E-state index contributed by atoms with van der Waals surface area (Å²) in [6, 6.07) is 3.47. The van der Waals surface area contributed by atoms with Crippen molar-refractivity contribution in [2.75, 3.05) is 19.6 Å². The van der Waals surface area contributed by atoms with E-state index in [1.165, 1.54) is 12.1 Å². The quantitative estimate of drug-likeness (QED) is 0.668. The zero-order valence-electron chi connectivity index (χ0n) is 16.4. The molecule has 3 heterocycles. The molecule has 3 atom stereocenters. The zero-order chi connectivity index (χ0) is 22.5. The van der Waals surface area contributed by atoms with Crippen molar-refractivity contribution >= 4 is 23.6 Å². The highest BCUT2D eigenvalue weighted by Gasteiger charge is 2.49. The van der Waals surface area contributed by atoms with Gasteiger partial charge in [0.2, 0.25) is 11.8 Å². The summed E-state index contributed by atoms with van der Waals surface area (Å²) < 4.78 is 39.7. The van der Waals surface area contributed by atoms with Crippen molar-refractivity contribution in [3.8, 4) is 0 Å². The fourth-order valence-electron chi connectivity index (χ4n) is 4.57. The number of likely N-dealkylation sites (tertiary alicyclic amines) is 1. The van der Waals surface area contributed by atoms with E-state index in [1.807, 2.05) is 0 Å². The predicted molar refractivity (Wildman–Crippen MR) is 100 cm³/mol. The second kappa shape index (κ2) is 7.72. The number of carbonyl (C=O) groups is 4. The summed E-state index contributed by atoms with van der Waals surface area (Å²) >= 11 is 0. The highest BCUT2D eigenvalue weighted by atomic mass is 19.4. The SMILES string of the molecule is NCC1CN(Cc2ccc3c(c2)C(=O)N(C2CCC(=O)NC2=O)C3=O)CC1C(F)(F)F. The second-order valence-corrected chi connectivity index (χ2v) is 8.17. The summed E-state index contributed by atoms with van der Waals surface area (Å²) in [5, 5.41) is 2.13. The largest absolute Gasteiger partial charge is 0.393 e. The number of rotatable bonds is 4. The molecule has 0 aromatic heterocycles. The van der Waals surface area contributed by atoms with E-state index in [1.54, 1.807) is 11.0 Å². The molecule has 4 rings (SSSR count). The van der Waals surface area contributed by atoms with Crippen LogP contribution in [0.3, 0.4) is 0 Å². The van der Waals surface area contributed by atoms with Gasteiger partial charge in [-0.3, -0.25) is 34.3 Å². The lowest BCUT2D eigenvalue weighted by Gasteiger charge is -2.27. The van der Waals surface area contributed by atoms with E-state index in [0.29, 0.717) is 5.56 Å². The average molecular weight is 438 g/mol. The van der Waals surface area contributed by atoms with Crippen LogP contribution in [0.2, 0.25) is 0 Å². The molecule has 3 aliphatic rings. The molecule has 0 radical (unpaired) electrons. The Balaban J connectivity index is 1.51. The van der Waals surface area contributed by atoms with E-state index in [4.69, 9.17) is 5.73 Å². The zero-order valence-corrected chi connectivity index (χ0v) is 16.4. The third-order valence-electron chi connectivity index (χ3n) is 6.15. The lowest BCUT2D eigenvalue weighted by atomic mass is 9.96. The minimum atomic E-state index is -4.33. The van der Waals surface area contributed by atoms with E-state index in [-0.39, 0.29) is 50.1 Å². The van der Waals surface area contributed by atoms with Crippen LogP contribution in [0.5, 0.6) is 0 Å². The number of amides is 4. The number of benzene rings is 1. The van der Waals surface area contributed by atoms with Crippen molar-refractivity contribution in [3.63, 3.8) is 0 Å². The Morgan fingerprint density at radius 3 is 2.39 bits per heavy atom. The Kier molecular flexibility index (Phi) is 5.34. The van der Waals surface area contributed by atoms with Crippen LogP contribution in [0.15, 0.2) is 18.2 Å². The number of imide groups is 2. The molecule has 0 spiro atoms. The van der Waals surface area contributed by atoms with Crippen LogP contribution in [-0.2, 0) is 16.1 Å². The molecule has 1 aromatic rings. The summed E-state index contributed by atoms with van der Waals surface area (Å²) in [5.74, 6) is -4.63. The first-order valence-electron chi connectivity index (χ1n) is 9.93. The van der Waals surface area contributed by atoms with E-state index < -0.39 is 47.7 Å². The number of piperidine rings is 1. The molecule has 2 fully saturated rings. The maximum Gasteiger partial charge on any atom is 0.393 e. The van der Waals surface area contributed by atoms with Gasteiger partial charge in [-0.2, -0.15) is 13.2 Å². The second-order valence-electron chi connectivity index (χ2n) is 8.17. The minimum absolute atomic E-state index is 0.0205. The van der Waals surface area contributed by atoms with Crippen LogP contribution in [-0.4, -0.2) is 65.3 Å². The highest BCUT2D eigenvalue weighted by molar-refractivity contribution is 6.23. The third kappa shape index (κ3) is 3.83. The number of hydrogen-bond acceptors (Lipinski definition) is 6. The lowest BCUT2D eigenvalue weighted by molar-refractivity contribution is -0.179. The van der Waals surface area contributed by atoms with Crippen molar-refractivity contribution < 1.29 is 32.3 Å². The van der Waals surface area contributed by atoms with Gasteiger partial charge in [-0.25, -0.2) is 0 Å². The summed E-state index contributed by atoms with van der Waals surface area (Å²) in [5.41, 5.74) is 6.35. The van der Waals surface area contributed by atoms with Gasteiger partial charge in [0.05, 0.1) is 17.0 Å². The summed E-state index contributed by atoms with van der Waals surface area (Å²) in [6.45, 7) is 0.111. The number of halogens is 3. The van der Waals surface area contributed by atoms with Crippen molar-refractivity contribution in [3.05, 3.63) is 34.9 Å². The minimum Gasteiger partial charge on any atom is -0.330 e. The van der Waals surface area contributed by atoms with Crippen LogP contribution in [0.4, 0.5) is 13.2 Å². The Morgan fingerprint density at radius 2 is 1.77 bits per heavy atom. The number of fused-ring (bicyclic) bond motifs is 1. The van der Waals surface area contributed by atoms with Gasteiger partial charge >= 0.3 is 6.18 Å². The first-order valence-corrected chi connectivity index (χ1v) is 9.93. The van der Waals surface area contributed by atoms with Crippen molar-refractivity contribution in [2.45, 2.75) is 31.6 Å². The maximum absolute atomic E-state index is 13.2. The smallest absolute Gasteiger partial charge is 0.330 e. The summed E-state index contributed by atoms with van der Waals surface area (Å²) in [6.07, 6.45) is -4.26. The fourth-order valence-corrected chi connectivity index (χ4v) is 4.57. The third-order valence-corrected chi connectivity index (χ3v) is 6.15. The molecule has 11 heteroatoms. The summed E-state index contributed by atoms with van der Waals surface area (Å²) in [7, 11) is 0. The number of nitrogens with zero attached hydrogens (tertiary/aromatic N) is 2. The van der Waals surface area contributed by atoms with Crippen LogP contribution in [0, 0.1) is 11.8 Å². The highest BCUT2D eigenvalue weighted by Crippen LogP contribution is 2.38. The molecule has 0 saturated carbocycles. The van der Waals surface area contributed by atoms with Gasteiger partial charge in [0.25, 0.3) is 11.8 Å². The summed E-state index contributed by atoms with van der Waals surface area (Å²) in [4.78, 5) is 51.5. The molecule has 0 aliphatic carbocycles. The Hall–Kier alpha value is -2.79. The van der Waals surface area contributed by atoms with Gasteiger partial charge in [0.1, 0.15) is 6.04 Å². The molecule has 0 bridgehead atoms. The predicted octanol–water partition coefficient (Wildman–Crippen LogP) is 0.657. The number of hydrogen-bond donors (Lipinski definition) is 2. The van der Waals surface area contributed by atoms with Crippen LogP contribution < -0.4 is 11.1 Å². The molecule has 4 amide bonds. The van der Waals surface area contributed by atoms with E-state index in [9.17, 15) is 32.3 Å². The monoisotopic (exact) mass is 438 g/mol. The molecule has 166 valence electrons. The van der Waals surface area contributed by atoms with Crippen LogP contribution in [0.25, 0.3) is 0 Å². The van der Waals surface area contributed by atoms with Gasteiger partial charge in [-0.1, -0.05) is 6.07 Å². The Morgan fingerprint density at radius 1 is 1.06 bits per heavy atom. The fraction of sp³-hybridized carbons (Fsp3) is 0.500. The molecule has 3 unspecified atom stereocenters. The molecular weight excluding hydrogens is 417 g/mol. The molecule has 31 heavy (non-hydrogen) atoms. The number of nitrogens with one attached hydrogen (secondary N) is 1. The van der Waals surface area contributed by atoms with Crippen molar-refractivity contribution in [2.24, 2.45) is 17.6 Å². The Labute approximate surface area is 175 Å². The average Bonchev–Trinajstić information content (AvgIpc) is 3.22. The molecule has 8 nitrogen and oxygen atoms in total. The standard InChI is InChI=1S/C20H21F3N4O4/c21-20(22,23)14-9-26(8-11(14)6-24)7-10-1-2-12-13(5-10)19(31)27(18(12)30)15-3-4-16(28)25-17(15)29/h1-2,5,11,14-15H,3-4,6-9,24H2,(H,25,28,29). The molecule has 1 aromatic carbocycles. The normalized spacial score (nSPS) is 27.1. The molecule has 3 N–H and O–H groups in total. The molecule has 3 aliphatic heterocycles. The first kappa shape index (κ1) is 21.4. The van der Waals surface area contributed by atoms with Gasteiger partial charge in [0.15, 0.2) is 0 Å². The van der Waals surface area contributed by atoms with Crippen molar-refractivity contribution in [1.82, 2.24) is 15.1 Å². The van der Waals surface area contributed by atoms with E-state index in [0.717, 1.165) is 4.90 Å². The topological polar surface area (TPSA) is 113 Å². The van der Waals surface area contributed by atoms with Gasteiger partial charge in [-0.05, 0) is 36.6 Å².